The Labute approximate surface area is 121 Å². The highest BCUT2D eigenvalue weighted by atomic mass is 35.5. The fourth-order valence-electron chi connectivity index (χ4n) is 2.16. The van der Waals surface area contributed by atoms with E-state index in [1.54, 1.807) is 4.90 Å². The van der Waals surface area contributed by atoms with Gasteiger partial charge in [0, 0.05) is 17.8 Å². The van der Waals surface area contributed by atoms with Crippen molar-refractivity contribution in [2.45, 2.75) is 38.8 Å². The molecule has 1 N–H and O–H groups in total. The van der Waals surface area contributed by atoms with E-state index in [1.807, 2.05) is 19.1 Å². The van der Waals surface area contributed by atoms with Gasteiger partial charge in [0.1, 0.15) is 6.04 Å². The lowest BCUT2D eigenvalue weighted by Crippen LogP contribution is -2.44. The van der Waals surface area contributed by atoms with Crippen LogP contribution in [0.15, 0.2) is 12.1 Å². The topological polar surface area (TPSA) is 49.4 Å². The smallest absolute Gasteiger partial charge is 0.245 e. The van der Waals surface area contributed by atoms with E-state index >= 15 is 0 Å². The standard InChI is InChI=1S/C13H17ClN2O2S/c1-2-3-10-13(18)16(7-6-12(17)15-10)8-9-4-5-11(14)19-9/h4-5,10H,2-3,6-8H2,1H3,(H,15,17). The van der Waals surface area contributed by atoms with Gasteiger partial charge in [-0.15, -0.1) is 11.3 Å². The van der Waals surface area contributed by atoms with Gasteiger partial charge in [-0.1, -0.05) is 24.9 Å². The molecule has 0 spiro atoms. The fraction of sp³-hybridized carbons (Fsp3) is 0.538. The van der Waals surface area contributed by atoms with E-state index in [4.69, 9.17) is 11.6 Å². The zero-order valence-electron chi connectivity index (χ0n) is 10.8. The van der Waals surface area contributed by atoms with Crippen LogP contribution in [-0.4, -0.2) is 29.3 Å². The van der Waals surface area contributed by atoms with Crippen LogP contribution in [0.3, 0.4) is 0 Å². The van der Waals surface area contributed by atoms with Crippen molar-refractivity contribution >= 4 is 34.8 Å². The van der Waals surface area contributed by atoms with Gasteiger partial charge in [-0.25, -0.2) is 0 Å². The summed E-state index contributed by atoms with van der Waals surface area (Å²) in [6, 6.07) is 3.38. The van der Waals surface area contributed by atoms with Crippen LogP contribution in [0, 0.1) is 0 Å². The van der Waals surface area contributed by atoms with Gasteiger partial charge in [0.05, 0.1) is 10.9 Å². The first-order valence-corrected chi connectivity index (χ1v) is 7.62. The predicted octanol–water partition coefficient (Wildman–Crippen LogP) is 2.42. The predicted molar refractivity (Wildman–Crippen MR) is 76.2 cm³/mol. The molecule has 1 aliphatic heterocycles. The van der Waals surface area contributed by atoms with E-state index < -0.39 is 0 Å². The van der Waals surface area contributed by atoms with Crippen LogP contribution in [-0.2, 0) is 16.1 Å². The normalized spacial score (nSPS) is 20.3. The largest absolute Gasteiger partial charge is 0.344 e. The first-order chi connectivity index (χ1) is 9.10. The van der Waals surface area contributed by atoms with E-state index in [0.29, 0.717) is 25.9 Å². The van der Waals surface area contributed by atoms with Crippen LogP contribution < -0.4 is 5.32 Å². The molecular formula is C13H17ClN2O2S. The lowest BCUT2D eigenvalue weighted by molar-refractivity contribution is -0.134. The molecule has 0 bridgehead atoms. The van der Waals surface area contributed by atoms with Crippen molar-refractivity contribution < 1.29 is 9.59 Å². The van der Waals surface area contributed by atoms with Crippen molar-refractivity contribution in [3.05, 3.63) is 21.3 Å². The number of amides is 2. The number of nitrogens with one attached hydrogen (secondary N) is 1. The molecule has 1 aromatic heterocycles. The number of hydrogen-bond donors (Lipinski definition) is 1. The summed E-state index contributed by atoms with van der Waals surface area (Å²) in [7, 11) is 0. The Hall–Kier alpha value is -1.07. The van der Waals surface area contributed by atoms with Crippen LogP contribution in [0.5, 0.6) is 0 Å². The first kappa shape index (κ1) is 14.3. The van der Waals surface area contributed by atoms with E-state index in [-0.39, 0.29) is 17.9 Å². The summed E-state index contributed by atoms with van der Waals surface area (Å²) in [6.07, 6.45) is 1.92. The lowest BCUT2D eigenvalue weighted by atomic mass is 10.1. The Balaban J connectivity index is 2.09. The van der Waals surface area contributed by atoms with Crippen molar-refractivity contribution in [3.63, 3.8) is 0 Å². The maximum Gasteiger partial charge on any atom is 0.245 e. The maximum atomic E-state index is 12.4. The van der Waals surface area contributed by atoms with E-state index in [1.165, 1.54) is 11.3 Å². The molecule has 1 aromatic rings. The lowest BCUT2D eigenvalue weighted by Gasteiger charge is -2.23. The summed E-state index contributed by atoms with van der Waals surface area (Å²) >= 11 is 7.37. The first-order valence-electron chi connectivity index (χ1n) is 6.42. The molecule has 0 aromatic carbocycles. The second kappa shape index (κ2) is 6.39. The molecule has 0 saturated carbocycles. The van der Waals surface area contributed by atoms with Gasteiger partial charge in [0.15, 0.2) is 0 Å². The third-order valence-electron chi connectivity index (χ3n) is 3.11. The zero-order chi connectivity index (χ0) is 13.8. The van der Waals surface area contributed by atoms with Gasteiger partial charge in [0.25, 0.3) is 0 Å². The average Bonchev–Trinajstić information content (AvgIpc) is 2.73. The van der Waals surface area contributed by atoms with Gasteiger partial charge < -0.3 is 10.2 Å². The van der Waals surface area contributed by atoms with Gasteiger partial charge in [0.2, 0.25) is 11.8 Å². The maximum absolute atomic E-state index is 12.4. The monoisotopic (exact) mass is 300 g/mol. The number of nitrogens with zero attached hydrogens (tertiary/aromatic N) is 1. The molecule has 2 rings (SSSR count). The van der Waals surface area contributed by atoms with E-state index in [2.05, 4.69) is 5.32 Å². The summed E-state index contributed by atoms with van der Waals surface area (Å²) < 4.78 is 0.719. The highest BCUT2D eigenvalue weighted by Gasteiger charge is 2.29. The molecule has 104 valence electrons. The average molecular weight is 301 g/mol. The molecule has 0 aliphatic carbocycles. The summed E-state index contributed by atoms with van der Waals surface area (Å²) in [6.45, 7) is 3.01. The summed E-state index contributed by atoms with van der Waals surface area (Å²) in [5.41, 5.74) is 0. The Bertz CT molecular complexity index is 475. The second-order valence-corrected chi connectivity index (χ2v) is 6.42. The molecule has 2 amide bonds. The highest BCUT2D eigenvalue weighted by Crippen LogP contribution is 2.23. The minimum atomic E-state index is -0.379. The minimum absolute atomic E-state index is 0.0113. The van der Waals surface area contributed by atoms with E-state index in [9.17, 15) is 9.59 Å². The van der Waals surface area contributed by atoms with Crippen molar-refractivity contribution in [2.24, 2.45) is 0 Å². The summed E-state index contributed by atoms with van der Waals surface area (Å²) in [5.74, 6) is -0.0317. The van der Waals surface area contributed by atoms with Crippen molar-refractivity contribution in [1.82, 2.24) is 10.2 Å². The number of thiophene rings is 1. The van der Waals surface area contributed by atoms with Gasteiger partial charge in [-0.2, -0.15) is 0 Å². The molecule has 4 nitrogen and oxygen atoms in total. The third-order valence-corrected chi connectivity index (χ3v) is 4.32. The molecule has 1 atom stereocenters. The number of rotatable bonds is 4. The number of hydrogen-bond acceptors (Lipinski definition) is 3. The van der Waals surface area contributed by atoms with Gasteiger partial charge in [-0.05, 0) is 18.6 Å². The van der Waals surface area contributed by atoms with Crippen molar-refractivity contribution in [2.75, 3.05) is 6.54 Å². The Morgan fingerprint density at radius 3 is 2.89 bits per heavy atom. The Morgan fingerprint density at radius 2 is 2.26 bits per heavy atom. The van der Waals surface area contributed by atoms with Crippen molar-refractivity contribution in [3.8, 4) is 0 Å². The van der Waals surface area contributed by atoms with Crippen LogP contribution in [0.25, 0.3) is 0 Å². The number of carbonyl (C=O) groups is 2. The molecular weight excluding hydrogens is 284 g/mol. The summed E-state index contributed by atoms with van der Waals surface area (Å²) in [4.78, 5) is 26.8. The molecule has 1 aliphatic rings. The van der Waals surface area contributed by atoms with E-state index in [0.717, 1.165) is 15.6 Å². The van der Waals surface area contributed by atoms with Crippen LogP contribution in [0.2, 0.25) is 4.34 Å². The quantitative estimate of drug-likeness (QED) is 0.928. The molecule has 1 fully saturated rings. The van der Waals surface area contributed by atoms with Gasteiger partial charge in [-0.3, -0.25) is 9.59 Å². The molecule has 0 radical (unpaired) electrons. The van der Waals surface area contributed by atoms with Crippen LogP contribution >= 0.6 is 22.9 Å². The molecule has 2 heterocycles. The molecule has 1 unspecified atom stereocenters. The second-order valence-electron chi connectivity index (χ2n) is 4.62. The Morgan fingerprint density at radius 1 is 1.47 bits per heavy atom. The molecule has 1 saturated heterocycles. The molecule has 19 heavy (non-hydrogen) atoms. The number of carbonyl (C=O) groups excluding carboxylic acids is 2. The summed E-state index contributed by atoms with van der Waals surface area (Å²) in [5, 5.41) is 2.80. The number of halogens is 1. The fourth-order valence-corrected chi connectivity index (χ4v) is 3.26. The van der Waals surface area contributed by atoms with Crippen molar-refractivity contribution in [1.29, 1.82) is 0 Å². The molecule has 6 heteroatoms. The van der Waals surface area contributed by atoms with Crippen LogP contribution in [0.1, 0.15) is 31.1 Å². The van der Waals surface area contributed by atoms with Crippen LogP contribution in [0.4, 0.5) is 0 Å². The van der Waals surface area contributed by atoms with Gasteiger partial charge >= 0.3 is 0 Å². The minimum Gasteiger partial charge on any atom is -0.344 e. The highest BCUT2D eigenvalue weighted by molar-refractivity contribution is 7.16. The zero-order valence-corrected chi connectivity index (χ0v) is 12.4. The Kier molecular flexibility index (Phi) is 4.82. The third kappa shape index (κ3) is 3.70. The SMILES string of the molecule is CCCC1NC(=O)CCN(Cc2ccc(Cl)s2)C1=O.